The molecule has 0 bridgehead atoms. The van der Waals surface area contributed by atoms with E-state index in [1.54, 1.807) is 11.3 Å². The second kappa shape index (κ2) is 5.24. The van der Waals surface area contributed by atoms with Gasteiger partial charge in [-0.25, -0.2) is 14.8 Å². The molecule has 0 spiro atoms. The molecule has 2 heterocycles. The number of carboxylic acid groups (broad SMARTS) is 1. The van der Waals surface area contributed by atoms with Crippen molar-refractivity contribution in [2.24, 2.45) is 0 Å². The van der Waals surface area contributed by atoms with Gasteiger partial charge in [0.2, 0.25) is 0 Å². The van der Waals surface area contributed by atoms with E-state index in [-0.39, 0.29) is 4.88 Å². The van der Waals surface area contributed by atoms with Gasteiger partial charge in [-0.1, -0.05) is 11.3 Å². The molecule has 17 heavy (non-hydrogen) atoms. The van der Waals surface area contributed by atoms with Gasteiger partial charge in [-0.3, -0.25) is 0 Å². The van der Waals surface area contributed by atoms with Crippen LogP contribution in [0.3, 0.4) is 0 Å². The van der Waals surface area contributed by atoms with E-state index in [9.17, 15) is 4.79 Å². The van der Waals surface area contributed by atoms with E-state index in [2.05, 4.69) is 15.3 Å². The Labute approximate surface area is 106 Å². The van der Waals surface area contributed by atoms with Crippen LogP contribution in [0.1, 0.15) is 20.4 Å². The largest absolute Gasteiger partial charge is 0.477 e. The first-order valence-corrected chi connectivity index (χ1v) is 6.69. The van der Waals surface area contributed by atoms with Gasteiger partial charge >= 0.3 is 5.97 Å². The topological polar surface area (TPSA) is 75.1 Å². The lowest BCUT2D eigenvalue weighted by molar-refractivity contribution is 0.0702. The number of carboxylic acids is 1. The Morgan fingerprint density at radius 2 is 2.41 bits per heavy atom. The Morgan fingerprint density at radius 3 is 3.00 bits per heavy atom. The zero-order chi connectivity index (χ0) is 12.3. The first-order valence-electron chi connectivity index (χ1n) is 4.99. The van der Waals surface area contributed by atoms with Crippen molar-refractivity contribution in [3.8, 4) is 0 Å². The Hall–Kier alpha value is -1.47. The summed E-state index contributed by atoms with van der Waals surface area (Å²) in [5.41, 5.74) is 1.05. The molecule has 0 atom stereocenters. The normalized spacial score (nSPS) is 10.4. The lowest BCUT2D eigenvalue weighted by atomic mass is 10.3. The fourth-order valence-electron chi connectivity index (χ4n) is 1.28. The molecule has 90 valence electrons. The molecular weight excluding hydrogens is 258 g/mol. The second-order valence-electron chi connectivity index (χ2n) is 3.37. The van der Waals surface area contributed by atoms with Gasteiger partial charge in [0.1, 0.15) is 4.88 Å². The summed E-state index contributed by atoms with van der Waals surface area (Å²) < 4.78 is 0. The smallest absolute Gasteiger partial charge is 0.347 e. The Morgan fingerprint density at radius 1 is 1.59 bits per heavy atom. The molecule has 0 unspecified atom stereocenters. The van der Waals surface area contributed by atoms with Crippen LogP contribution >= 0.6 is 22.7 Å². The number of nitrogens with zero attached hydrogens (tertiary/aromatic N) is 2. The van der Waals surface area contributed by atoms with E-state index in [0.29, 0.717) is 11.7 Å². The summed E-state index contributed by atoms with van der Waals surface area (Å²) in [6.07, 6.45) is 2.18. The molecule has 2 N–H and O–H groups in total. The lowest BCUT2D eigenvalue weighted by Crippen LogP contribution is -2.04. The minimum absolute atomic E-state index is 0.247. The fourth-order valence-corrected chi connectivity index (χ4v) is 2.60. The van der Waals surface area contributed by atoms with E-state index in [1.165, 1.54) is 6.20 Å². The van der Waals surface area contributed by atoms with Crippen LogP contribution in [-0.2, 0) is 6.42 Å². The zero-order valence-electron chi connectivity index (χ0n) is 9.14. The molecule has 0 saturated carbocycles. The molecule has 2 aromatic heterocycles. The van der Waals surface area contributed by atoms with Crippen LogP contribution in [-0.4, -0.2) is 27.6 Å². The minimum Gasteiger partial charge on any atom is -0.477 e. The molecule has 7 heteroatoms. The average molecular weight is 269 g/mol. The van der Waals surface area contributed by atoms with Crippen LogP contribution < -0.4 is 5.32 Å². The van der Waals surface area contributed by atoms with Gasteiger partial charge in [0.15, 0.2) is 5.13 Å². The number of aryl methyl sites for hydroxylation is 1. The SMILES string of the molecule is Cc1nc(CCNc2ncc(C(=O)O)s2)cs1. The molecule has 2 rings (SSSR count). The summed E-state index contributed by atoms with van der Waals surface area (Å²) in [6.45, 7) is 2.68. The number of carbonyl (C=O) groups is 1. The van der Waals surface area contributed by atoms with E-state index in [4.69, 9.17) is 5.11 Å². The highest BCUT2D eigenvalue weighted by atomic mass is 32.1. The number of hydrogen-bond donors (Lipinski definition) is 2. The van der Waals surface area contributed by atoms with Crippen LogP contribution in [0, 0.1) is 6.92 Å². The molecule has 0 saturated heterocycles. The van der Waals surface area contributed by atoms with Gasteiger partial charge in [0.25, 0.3) is 0 Å². The van der Waals surface area contributed by atoms with Crippen molar-refractivity contribution in [1.29, 1.82) is 0 Å². The quantitative estimate of drug-likeness (QED) is 0.870. The highest BCUT2D eigenvalue weighted by Gasteiger charge is 2.07. The number of aromatic carboxylic acids is 1. The molecule has 0 aliphatic carbocycles. The number of hydrogen-bond acceptors (Lipinski definition) is 6. The van der Waals surface area contributed by atoms with Crippen molar-refractivity contribution in [2.75, 3.05) is 11.9 Å². The molecule has 5 nitrogen and oxygen atoms in total. The monoisotopic (exact) mass is 269 g/mol. The molecule has 0 fully saturated rings. The third-order valence-electron chi connectivity index (χ3n) is 2.04. The summed E-state index contributed by atoms with van der Waals surface area (Å²) in [7, 11) is 0. The minimum atomic E-state index is -0.939. The van der Waals surface area contributed by atoms with Crippen molar-refractivity contribution in [3.63, 3.8) is 0 Å². The van der Waals surface area contributed by atoms with Gasteiger partial charge in [0, 0.05) is 18.3 Å². The summed E-state index contributed by atoms with van der Waals surface area (Å²) in [4.78, 5) is 19.2. The van der Waals surface area contributed by atoms with Crippen LogP contribution in [0.2, 0.25) is 0 Å². The summed E-state index contributed by atoms with van der Waals surface area (Å²) in [5.74, 6) is -0.939. The van der Waals surface area contributed by atoms with Gasteiger partial charge in [-0.05, 0) is 6.92 Å². The van der Waals surface area contributed by atoms with E-state index >= 15 is 0 Å². The molecule has 0 radical (unpaired) electrons. The van der Waals surface area contributed by atoms with Crippen molar-refractivity contribution >= 4 is 33.8 Å². The molecular formula is C10H11N3O2S2. The van der Waals surface area contributed by atoms with E-state index < -0.39 is 5.97 Å². The average Bonchev–Trinajstić information content (AvgIpc) is 2.88. The van der Waals surface area contributed by atoms with Crippen LogP contribution in [0.25, 0.3) is 0 Å². The predicted octanol–water partition coefficient (Wildman–Crippen LogP) is 2.26. The summed E-state index contributed by atoms with van der Waals surface area (Å²) in [5, 5.41) is 15.5. The van der Waals surface area contributed by atoms with E-state index in [0.717, 1.165) is 28.5 Å². The van der Waals surface area contributed by atoms with Crippen molar-refractivity contribution in [1.82, 2.24) is 9.97 Å². The number of thiazole rings is 2. The maximum absolute atomic E-state index is 10.6. The first-order chi connectivity index (χ1) is 8.15. The van der Waals surface area contributed by atoms with Gasteiger partial charge in [-0.15, -0.1) is 11.3 Å². The van der Waals surface area contributed by atoms with Crippen molar-refractivity contribution < 1.29 is 9.90 Å². The maximum atomic E-state index is 10.6. The molecule has 2 aromatic rings. The van der Waals surface area contributed by atoms with Gasteiger partial charge in [0.05, 0.1) is 16.9 Å². The van der Waals surface area contributed by atoms with Crippen LogP contribution in [0.5, 0.6) is 0 Å². The van der Waals surface area contributed by atoms with E-state index in [1.807, 2.05) is 12.3 Å². The lowest BCUT2D eigenvalue weighted by Gasteiger charge is -1.99. The van der Waals surface area contributed by atoms with Crippen molar-refractivity contribution in [2.45, 2.75) is 13.3 Å². The number of anilines is 1. The Bertz CT molecular complexity index is 521. The maximum Gasteiger partial charge on any atom is 0.347 e. The fraction of sp³-hybridized carbons (Fsp3) is 0.300. The second-order valence-corrected chi connectivity index (χ2v) is 5.46. The Balaban J connectivity index is 1.83. The first kappa shape index (κ1) is 12.0. The van der Waals surface area contributed by atoms with Crippen molar-refractivity contribution in [3.05, 3.63) is 27.2 Å². The molecule has 0 aromatic carbocycles. The third kappa shape index (κ3) is 3.24. The highest BCUT2D eigenvalue weighted by Crippen LogP contribution is 2.17. The highest BCUT2D eigenvalue weighted by molar-refractivity contribution is 7.17. The summed E-state index contributed by atoms with van der Waals surface area (Å²) >= 11 is 2.77. The molecule has 0 amide bonds. The van der Waals surface area contributed by atoms with Gasteiger partial charge in [-0.2, -0.15) is 0 Å². The van der Waals surface area contributed by atoms with Crippen LogP contribution in [0.4, 0.5) is 5.13 Å². The summed E-state index contributed by atoms with van der Waals surface area (Å²) in [6, 6.07) is 0. The Kier molecular flexibility index (Phi) is 3.70. The van der Waals surface area contributed by atoms with Gasteiger partial charge < -0.3 is 10.4 Å². The molecule has 0 aliphatic heterocycles. The third-order valence-corrected chi connectivity index (χ3v) is 3.81. The number of nitrogens with one attached hydrogen (secondary N) is 1. The predicted molar refractivity (Wildman–Crippen MR) is 68.1 cm³/mol. The zero-order valence-corrected chi connectivity index (χ0v) is 10.8. The standard InChI is InChI=1S/C10H11N3O2S2/c1-6-13-7(5-16-6)2-3-11-10-12-4-8(17-10)9(14)15/h4-5H,2-3H2,1H3,(H,11,12)(H,14,15). The molecule has 0 aliphatic rings. The number of rotatable bonds is 5. The van der Waals surface area contributed by atoms with Crippen LogP contribution in [0.15, 0.2) is 11.6 Å². The number of aromatic nitrogens is 2.